The zero-order valence-electron chi connectivity index (χ0n) is 10.9. The number of amides is 1. The Morgan fingerprint density at radius 1 is 1.05 bits per heavy atom. The number of hydrogen-bond donors (Lipinski definition) is 2. The minimum atomic E-state index is -0.247. The predicted octanol–water partition coefficient (Wildman–Crippen LogP) is 4.68. The molecule has 2 aromatic carbocycles. The second kappa shape index (κ2) is 6.64. The van der Waals surface area contributed by atoms with Crippen molar-refractivity contribution in [2.75, 3.05) is 17.2 Å². The molecule has 0 fully saturated rings. The summed E-state index contributed by atoms with van der Waals surface area (Å²) in [5, 5.41) is 6.71. The molecule has 0 unspecified atom stereocenters. The van der Waals surface area contributed by atoms with Crippen LogP contribution in [0.5, 0.6) is 0 Å². The third-order valence-corrected chi connectivity index (χ3v) is 3.36. The van der Waals surface area contributed by atoms with E-state index in [-0.39, 0.29) is 5.91 Å². The Hall–Kier alpha value is -1.71. The lowest BCUT2D eigenvalue weighted by Gasteiger charge is -2.09. The van der Waals surface area contributed by atoms with Gasteiger partial charge in [-0.2, -0.15) is 0 Å². The molecule has 0 spiro atoms. The molecule has 0 atom stereocenters. The Labute approximate surface area is 127 Å². The predicted molar refractivity (Wildman–Crippen MR) is 85.0 cm³/mol. The molecule has 2 N–H and O–H groups in total. The highest BCUT2D eigenvalue weighted by molar-refractivity contribution is 6.40. The smallest absolute Gasteiger partial charge is 0.255 e. The van der Waals surface area contributed by atoms with Crippen LogP contribution in [-0.2, 0) is 0 Å². The molecule has 0 bridgehead atoms. The van der Waals surface area contributed by atoms with Gasteiger partial charge in [0, 0.05) is 17.8 Å². The van der Waals surface area contributed by atoms with Gasteiger partial charge in [0.05, 0.1) is 15.7 Å². The summed E-state index contributed by atoms with van der Waals surface area (Å²) in [6.07, 6.45) is 0. The molecule has 20 heavy (non-hydrogen) atoms. The van der Waals surface area contributed by atoms with Gasteiger partial charge in [-0.15, -0.1) is 0 Å². The molecule has 0 aliphatic heterocycles. The zero-order chi connectivity index (χ0) is 14.5. The first-order valence-corrected chi connectivity index (χ1v) is 6.96. The molecular weight excluding hydrogens is 295 g/mol. The molecule has 0 saturated carbocycles. The molecule has 2 aromatic rings. The van der Waals surface area contributed by atoms with Gasteiger partial charge in [0.1, 0.15) is 0 Å². The molecule has 0 saturated heterocycles. The van der Waals surface area contributed by atoms with Gasteiger partial charge in [0.15, 0.2) is 0 Å². The molecule has 0 aliphatic carbocycles. The van der Waals surface area contributed by atoms with Crippen LogP contribution in [0.15, 0.2) is 42.5 Å². The maximum absolute atomic E-state index is 12.1. The normalized spacial score (nSPS) is 10.2. The van der Waals surface area contributed by atoms with E-state index in [9.17, 15) is 4.79 Å². The Kier molecular flexibility index (Phi) is 4.88. The van der Waals surface area contributed by atoms with E-state index in [0.29, 0.717) is 21.3 Å². The van der Waals surface area contributed by atoms with Crippen LogP contribution in [0, 0.1) is 0 Å². The molecule has 1 amide bonds. The van der Waals surface area contributed by atoms with E-state index in [2.05, 4.69) is 10.6 Å². The highest BCUT2D eigenvalue weighted by Crippen LogP contribution is 2.30. The molecular formula is C15H14Cl2N2O. The van der Waals surface area contributed by atoms with Gasteiger partial charge < -0.3 is 10.6 Å². The Morgan fingerprint density at radius 2 is 1.65 bits per heavy atom. The molecule has 5 heteroatoms. The van der Waals surface area contributed by atoms with E-state index in [1.54, 1.807) is 30.3 Å². The highest BCUT2D eigenvalue weighted by Gasteiger charge is 2.11. The van der Waals surface area contributed by atoms with Gasteiger partial charge in [0.25, 0.3) is 5.91 Å². The Bertz CT molecular complexity index is 592. The van der Waals surface area contributed by atoms with Gasteiger partial charge in [-0.05, 0) is 43.3 Å². The molecule has 0 radical (unpaired) electrons. The van der Waals surface area contributed by atoms with Crippen LogP contribution >= 0.6 is 23.2 Å². The number of anilines is 2. The number of rotatable bonds is 4. The fourth-order valence-electron chi connectivity index (χ4n) is 1.75. The number of nitrogens with one attached hydrogen (secondary N) is 2. The van der Waals surface area contributed by atoms with Crippen LogP contribution in [0.1, 0.15) is 17.3 Å². The number of halogens is 2. The third-order valence-electron chi connectivity index (χ3n) is 2.73. The largest absolute Gasteiger partial charge is 0.385 e. The van der Waals surface area contributed by atoms with Crippen molar-refractivity contribution in [1.29, 1.82) is 0 Å². The van der Waals surface area contributed by atoms with E-state index in [4.69, 9.17) is 23.2 Å². The van der Waals surface area contributed by atoms with Gasteiger partial charge in [-0.3, -0.25) is 4.79 Å². The van der Waals surface area contributed by atoms with Crippen LogP contribution in [0.3, 0.4) is 0 Å². The molecule has 3 nitrogen and oxygen atoms in total. The van der Waals surface area contributed by atoms with E-state index < -0.39 is 0 Å². The van der Waals surface area contributed by atoms with Crippen molar-refractivity contribution < 1.29 is 4.79 Å². The summed E-state index contributed by atoms with van der Waals surface area (Å²) in [6.45, 7) is 2.85. The van der Waals surface area contributed by atoms with E-state index in [1.807, 2.05) is 19.1 Å². The van der Waals surface area contributed by atoms with Crippen molar-refractivity contribution in [3.8, 4) is 0 Å². The van der Waals surface area contributed by atoms with Crippen molar-refractivity contribution in [3.63, 3.8) is 0 Å². The maximum atomic E-state index is 12.1. The first kappa shape index (κ1) is 14.7. The van der Waals surface area contributed by atoms with Crippen LogP contribution in [-0.4, -0.2) is 12.5 Å². The lowest BCUT2D eigenvalue weighted by Crippen LogP contribution is -2.12. The van der Waals surface area contributed by atoms with E-state index in [0.717, 1.165) is 12.2 Å². The van der Waals surface area contributed by atoms with Crippen LogP contribution < -0.4 is 10.6 Å². The highest BCUT2D eigenvalue weighted by atomic mass is 35.5. The second-order valence-corrected chi connectivity index (χ2v) is 4.97. The minimum Gasteiger partial charge on any atom is -0.385 e. The van der Waals surface area contributed by atoms with E-state index >= 15 is 0 Å². The molecule has 104 valence electrons. The average Bonchev–Trinajstić information content (AvgIpc) is 2.44. The first-order valence-electron chi connectivity index (χ1n) is 6.21. The molecule has 0 aliphatic rings. The van der Waals surface area contributed by atoms with Gasteiger partial charge in [-0.1, -0.05) is 29.3 Å². The zero-order valence-corrected chi connectivity index (χ0v) is 12.4. The lowest BCUT2D eigenvalue weighted by molar-refractivity contribution is 0.102. The molecule has 2 rings (SSSR count). The SMILES string of the molecule is CCNc1ccc(C(=O)Nc2c(Cl)cccc2Cl)cc1. The molecule has 0 heterocycles. The topological polar surface area (TPSA) is 41.1 Å². The van der Waals surface area contributed by atoms with Crippen LogP contribution in [0.2, 0.25) is 10.0 Å². The van der Waals surface area contributed by atoms with Gasteiger partial charge >= 0.3 is 0 Å². The number of carbonyl (C=O) groups excluding carboxylic acids is 1. The number of para-hydroxylation sites is 1. The van der Waals surface area contributed by atoms with E-state index in [1.165, 1.54) is 0 Å². The number of benzene rings is 2. The van der Waals surface area contributed by atoms with Crippen molar-refractivity contribution in [3.05, 3.63) is 58.1 Å². The van der Waals surface area contributed by atoms with Crippen molar-refractivity contribution in [2.24, 2.45) is 0 Å². The first-order chi connectivity index (χ1) is 9.61. The van der Waals surface area contributed by atoms with Crippen LogP contribution in [0.25, 0.3) is 0 Å². The monoisotopic (exact) mass is 308 g/mol. The summed E-state index contributed by atoms with van der Waals surface area (Å²) in [7, 11) is 0. The molecule has 0 aromatic heterocycles. The van der Waals surface area contributed by atoms with Crippen molar-refractivity contribution in [2.45, 2.75) is 6.92 Å². The van der Waals surface area contributed by atoms with Gasteiger partial charge in [-0.25, -0.2) is 0 Å². The maximum Gasteiger partial charge on any atom is 0.255 e. The van der Waals surface area contributed by atoms with Crippen LogP contribution in [0.4, 0.5) is 11.4 Å². The summed E-state index contributed by atoms with van der Waals surface area (Å²) in [5.74, 6) is -0.247. The van der Waals surface area contributed by atoms with Gasteiger partial charge in [0.2, 0.25) is 0 Å². The number of hydrogen-bond acceptors (Lipinski definition) is 2. The fraction of sp³-hybridized carbons (Fsp3) is 0.133. The van der Waals surface area contributed by atoms with Crippen molar-refractivity contribution >= 4 is 40.5 Å². The average molecular weight is 309 g/mol. The lowest BCUT2D eigenvalue weighted by atomic mass is 10.2. The summed E-state index contributed by atoms with van der Waals surface area (Å²) in [4.78, 5) is 12.1. The summed E-state index contributed by atoms with van der Waals surface area (Å²) >= 11 is 12.0. The number of carbonyl (C=O) groups is 1. The van der Waals surface area contributed by atoms with Crippen molar-refractivity contribution in [1.82, 2.24) is 0 Å². The quantitative estimate of drug-likeness (QED) is 0.861. The fourth-order valence-corrected chi connectivity index (χ4v) is 2.24. The minimum absolute atomic E-state index is 0.247. The standard InChI is InChI=1S/C15H14Cl2N2O/c1-2-18-11-8-6-10(7-9-11)15(20)19-14-12(16)4-3-5-13(14)17/h3-9,18H,2H2,1H3,(H,19,20). The summed E-state index contributed by atoms with van der Waals surface area (Å²) in [5.41, 5.74) is 1.94. The summed E-state index contributed by atoms with van der Waals surface area (Å²) < 4.78 is 0. The second-order valence-electron chi connectivity index (χ2n) is 4.16. The Balaban J connectivity index is 2.16. The summed E-state index contributed by atoms with van der Waals surface area (Å²) in [6, 6.07) is 12.3. The Morgan fingerprint density at radius 3 is 2.20 bits per heavy atom. The third kappa shape index (κ3) is 3.44.